The van der Waals surface area contributed by atoms with Crippen LogP contribution in [0.2, 0.25) is 0 Å². The molecule has 0 saturated carbocycles. The molecule has 0 bridgehead atoms. The van der Waals surface area contributed by atoms with Gasteiger partial charge < -0.3 is 4.74 Å². The summed E-state index contributed by atoms with van der Waals surface area (Å²) < 4.78 is 5.27. The molecule has 0 aliphatic carbocycles. The Bertz CT molecular complexity index is 694. The summed E-state index contributed by atoms with van der Waals surface area (Å²) in [5.41, 5.74) is 3.45. The largest absolute Gasteiger partial charge is 0.447 e. The minimum absolute atomic E-state index is 0.0186. The molecule has 0 aromatic heterocycles. The number of benzene rings is 2. The highest BCUT2D eigenvalue weighted by Gasteiger charge is 2.44. The van der Waals surface area contributed by atoms with Gasteiger partial charge in [-0.2, -0.15) is 0 Å². The van der Waals surface area contributed by atoms with Crippen LogP contribution < -0.4 is 0 Å². The van der Waals surface area contributed by atoms with Crippen molar-refractivity contribution in [3.05, 3.63) is 77.9 Å². The molecule has 3 heteroatoms. The number of carbonyl (C=O) groups excluding carboxylic acids is 1. The van der Waals surface area contributed by atoms with Crippen molar-refractivity contribution in [3.8, 4) is 0 Å². The fourth-order valence-corrected chi connectivity index (χ4v) is 3.17. The quantitative estimate of drug-likeness (QED) is 0.838. The third-order valence-electron chi connectivity index (χ3n) is 4.16. The second-order valence-corrected chi connectivity index (χ2v) is 5.34. The molecule has 3 nitrogen and oxygen atoms in total. The lowest BCUT2D eigenvalue weighted by atomic mass is 10.00. The van der Waals surface area contributed by atoms with Crippen LogP contribution in [0.15, 0.2) is 66.7 Å². The number of amides is 1. The second-order valence-electron chi connectivity index (χ2n) is 5.34. The summed E-state index contributed by atoms with van der Waals surface area (Å²) in [5.74, 6) is 0. The number of nitrogens with zero attached hydrogens (tertiary/aromatic N) is 1. The predicted octanol–water partition coefficient (Wildman–Crippen LogP) is 3.65. The van der Waals surface area contributed by atoms with Gasteiger partial charge in [0, 0.05) is 0 Å². The van der Waals surface area contributed by atoms with E-state index in [1.807, 2.05) is 41.3 Å². The number of cyclic esters (lactones) is 1. The van der Waals surface area contributed by atoms with E-state index in [1.54, 1.807) is 0 Å². The zero-order valence-corrected chi connectivity index (χ0v) is 11.5. The van der Waals surface area contributed by atoms with E-state index < -0.39 is 0 Å². The Labute approximate surface area is 123 Å². The summed E-state index contributed by atoms with van der Waals surface area (Å²) in [6, 6.07) is 20.3. The van der Waals surface area contributed by atoms with E-state index in [9.17, 15) is 4.79 Å². The van der Waals surface area contributed by atoms with E-state index >= 15 is 0 Å². The van der Waals surface area contributed by atoms with Gasteiger partial charge >= 0.3 is 6.09 Å². The first-order valence-electron chi connectivity index (χ1n) is 7.12. The Kier molecular flexibility index (Phi) is 2.78. The molecule has 104 valence electrons. The highest BCUT2D eigenvalue weighted by molar-refractivity contribution is 5.83. The minimum Gasteiger partial charge on any atom is -0.447 e. The van der Waals surface area contributed by atoms with Crippen LogP contribution in [0.4, 0.5) is 4.79 Å². The number of hydrogen-bond donors (Lipinski definition) is 0. The predicted molar refractivity (Wildman–Crippen MR) is 80.6 cm³/mol. The van der Waals surface area contributed by atoms with Crippen molar-refractivity contribution in [2.24, 2.45) is 0 Å². The van der Waals surface area contributed by atoms with Crippen molar-refractivity contribution in [3.63, 3.8) is 0 Å². The lowest BCUT2D eigenvalue weighted by Crippen LogP contribution is -2.31. The molecule has 2 heterocycles. The molecule has 2 unspecified atom stereocenters. The third kappa shape index (κ3) is 1.93. The molecular formula is C18H15NO2. The number of carbonyl (C=O) groups is 1. The summed E-state index contributed by atoms with van der Waals surface area (Å²) in [4.78, 5) is 13.9. The van der Waals surface area contributed by atoms with Gasteiger partial charge in [-0.15, -0.1) is 0 Å². The topological polar surface area (TPSA) is 29.5 Å². The summed E-state index contributed by atoms with van der Waals surface area (Å²) in [5, 5.41) is 0. The summed E-state index contributed by atoms with van der Waals surface area (Å²) in [7, 11) is 0. The van der Waals surface area contributed by atoms with Crippen molar-refractivity contribution in [2.75, 3.05) is 6.61 Å². The normalized spacial score (nSPS) is 23.7. The van der Waals surface area contributed by atoms with Gasteiger partial charge in [0.2, 0.25) is 0 Å². The fraction of sp³-hybridized carbons (Fsp3) is 0.167. The van der Waals surface area contributed by atoms with Crippen LogP contribution in [0.25, 0.3) is 5.57 Å². The van der Waals surface area contributed by atoms with Gasteiger partial charge in [-0.25, -0.2) is 4.79 Å². The van der Waals surface area contributed by atoms with E-state index in [4.69, 9.17) is 4.74 Å². The zero-order valence-electron chi connectivity index (χ0n) is 11.5. The van der Waals surface area contributed by atoms with E-state index in [2.05, 4.69) is 30.3 Å². The molecule has 2 atom stereocenters. The average molecular weight is 277 g/mol. The lowest BCUT2D eigenvalue weighted by Gasteiger charge is -2.22. The van der Waals surface area contributed by atoms with Crippen molar-refractivity contribution in [1.29, 1.82) is 0 Å². The van der Waals surface area contributed by atoms with Gasteiger partial charge in [-0.05, 0) is 16.7 Å². The van der Waals surface area contributed by atoms with Gasteiger partial charge in [0.25, 0.3) is 0 Å². The molecule has 1 saturated heterocycles. The first-order chi connectivity index (χ1) is 10.3. The Morgan fingerprint density at radius 2 is 1.62 bits per heavy atom. The lowest BCUT2D eigenvalue weighted by molar-refractivity contribution is 0.153. The molecule has 21 heavy (non-hydrogen) atoms. The molecule has 0 spiro atoms. The molecule has 2 aliphatic rings. The average Bonchev–Trinajstić information content (AvgIpc) is 3.10. The maximum Gasteiger partial charge on any atom is 0.411 e. The van der Waals surface area contributed by atoms with Crippen LogP contribution in [0, 0.1) is 0 Å². The summed E-state index contributed by atoms with van der Waals surface area (Å²) in [6.45, 7) is 0.433. The molecular weight excluding hydrogens is 262 g/mol. The highest BCUT2D eigenvalue weighted by atomic mass is 16.6. The van der Waals surface area contributed by atoms with Crippen molar-refractivity contribution in [2.45, 2.75) is 12.1 Å². The molecule has 0 N–H and O–H groups in total. The van der Waals surface area contributed by atoms with Gasteiger partial charge in [-0.3, -0.25) is 4.90 Å². The fourth-order valence-electron chi connectivity index (χ4n) is 3.17. The zero-order chi connectivity index (χ0) is 14.2. The van der Waals surface area contributed by atoms with Crippen LogP contribution in [0.1, 0.15) is 17.2 Å². The van der Waals surface area contributed by atoms with E-state index in [0.29, 0.717) is 6.61 Å². The van der Waals surface area contributed by atoms with Crippen molar-refractivity contribution >= 4 is 11.7 Å². The van der Waals surface area contributed by atoms with Crippen LogP contribution in [-0.2, 0) is 4.74 Å². The van der Waals surface area contributed by atoms with Crippen molar-refractivity contribution in [1.82, 2.24) is 4.90 Å². The molecule has 0 radical (unpaired) electrons. The Morgan fingerprint density at radius 1 is 0.952 bits per heavy atom. The molecule has 4 rings (SSSR count). The van der Waals surface area contributed by atoms with Gasteiger partial charge in [-0.1, -0.05) is 66.7 Å². The molecule has 2 aliphatic heterocycles. The first kappa shape index (κ1) is 12.2. The van der Waals surface area contributed by atoms with Gasteiger partial charge in [0.15, 0.2) is 0 Å². The van der Waals surface area contributed by atoms with Crippen molar-refractivity contribution < 1.29 is 9.53 Å². The molecule has 2 aromatic rings. The second kappa shape index (κ2) is 4.77. The molecule has 1 amide bonds. The molecule has 1 fully saturated rings. The van der Waals surface area contributed by atoms with Crippen LogP contribution in [0.3, 0.4) is 0 Å². The standard InChI is InChI=1S/C18H15NO2/c20-18-19-16(14-9-5-2-6-10-14)11-15(17(19)12-21-18)13-7-3-1-4-8-13/h1-11,16-17H,12H2. The monoisotopic (exact) mass is 277 g/mol. The van der Waals surface area contributed by atoms with Crippen LogP contribution >= 0.6 is 0 Å². The maximum absolute atomic E-state index is 12.1. The number of hydrogen-bond acceptors (Lipinski definition) is 2. The third-order valence-corrected chi connectivity index (χ3v) is 4.16. The SMILES string of the molecule is O=C1OCC2C(c3ccccc3)=CC(c3ccccc3)N12. The van der Waals surface area contributed by atoms with Gasteiger partial charge in [0.05, 0.1) is 12.1 Å². The first-order valence-corrected chi connectivity index (χ1v) is 7.12. The molecule has 2 aromatic carbocycles. The maximum atomic E-state index is 12.1. The summed E-state index contributed by atoms with van der Waals surface area (Å²) in [6.07, 6.45) is 1.96. The van der Waals surface area contributed by atoms with E-state index in [1.165, 1.54) is 5.57 Å². The number of ether oxygens (including phenoxy) is 1. The minimum atomic E-state index is -0.226. The number of fused-ring (bicyclic) bond motifs is 1. The highest BCUT2D eigenvalue weighted by Crippen LogP contribution is 2.42. The van der Waals surface area contributed by atoms with E-state index in [-0.39, 0.29) is 18.2 Å². The van der Waals surface area contributed by atoms with E-state index in [0.717, 1.165) is 11.1 Å². The smallest absolute Gasteiger partial charge is 0.411 e. The van der Waals surface area contributed by atoms with Crippen LogP contribution in [0.5, 0.6) is 0 Å². The van der Waals surface area contributed by atoms with Crippen LogP contribution in [-0.4, -0.2) is 23.6 Å². The van der Waals surface area contributed by atoms with Gasteiger partial charge in [0.1, 0.15) is 6.61 Å². The Balaban J connectivity index is 1.80. The Morgan fingerprint density at radius 3 is 2.33 bits per heavy atom. The Hall–Kier alpha value is -2.55. The summed E-state index contributed by atoms with van der Waals surface area (Å²) >= 11 is 0. The number of rotatable bonds is 2.